The van der Waals surface area contributed by atoms with Crippen LogP contribution in [0.4, 0.5) is 0 Å². The minimum Gasteiger partial charge on any atom is -0.309 e. The number of hydrogen-bond acceptors (Lipinski definition) is 3. The van der Waals surface area contributed by atoms with E-state index in [1.165, 1.54) is 0 Å². The monoisotopic (exact) mass is 295 g/mol. The zero-order valence-corrected chi connectivity index (χ0v) is 13.2. The SMILES string of the molecule is CCc1nn(C)c2c1nc(CCl)n2C1CCN(C)CC1. The van der Waals surface area contributed by atoms with Gasteiger partial charge in [0, 0.05) is 13.1 Å². The van der Waals surface area contributed by atoms with E-state index in [9.17, 15) is 0 Å². The number of imidazole rings is 1. The number of rotatable bonds is 3. The van der Waals surface area contributed by atoms with Gasteiger partial charge in [-0.2, -0.15) is 5.10 Å². The van der Waals surface area contributed by atoms with E-state index in [4.69, 9.17) is 16.6 Å². The van der Waals surface area contributed by atoms with Crippen LogP contribution in [0.15, 0.2) is 0 Å². The summed E-state index contributed by atoms with van der Waals surface area (Å²) in [6.45, 7) is 4.38. The van der Waals surface area contributed by atoms with Gasteiger partial charge in [-0.05, 0) is 39.4 Å². The largest absolute Gasteiger partial charge is 0.309 e. The normalized spacial score (nSPS) is 18.2. The fraction of sp³-hybridized carbons (Fsp3) is 0.714. The minimum atomic E-state index is 0.462. The molecule has 0 amide bonds. The zero-order valence-electron chi connectivity index (χ0n) is 12.4. The molecule has 0 bridgehead atoms. The van der Waals surface area contributed by atoms with Crippen LogP contribution in [0, 0.1) is 0 Å². The van der Waals surface area contributed by atoms with Crippen LogP contribution < -0.4 is 0 Å². The van der Waals surface area contributed by atoms with Crippen LogP contribution in [0.1, 0.15) is 37.3 Å². The van der Waals surface area contributed by atoms with Gasteiger partial charge < -0.3 is 9.47 Å². The van der Waals surface area contributed by atoms with Gasteiger partial charge in [-0.25, -0.2) is 4.98 Å². The molecular formula is C14H22ClN5. The van der Waals surface area contributed by atoms with Crippen LogP contribution in [0.5, 0.6) is 0 Å². The Morgan fingerprint density at radius 1 is 1.25 bits per heavy atom. The van der Waals surface area contributed by atoms with Gasteiger partial charge in [-0.1, -0.05) is 6.92 Å². The lowest BCUT2D eigenvalue weighted by molar-refractivity contribution is 0.221. The first-order valence-corrected chi connectivity index (χ1v) is 7.86. The third kappa shape index (κ3) is 2.13. The average molecular weight is 296 g/mol. The van der Waals surface area contributed by atoms with Crippen molar-refractivity contribution in [1.82, 2.24) is 24.2 Å². The molecule has 1 aliphatic heterocycles. The molecule has 3 rings (SSSR count). The summed E-state index contributed by atoms with van der Waals surface area (Å²) in [5.74, 6) is 1.45. The summed E-state index contributed by atoms with van der Waals surface area (Å²) in [6.07, 6.45) is 3.21. The highest BCUT2D eigenvalue weighted by molar-refractivity contribution is 6.16. The number of hydrogen-bond donors (Lipinski definition) is 0. The molecule has 1 saturated heterocycles. The van der Waals surface area contributed by atoms with Crippen LogP contribution in [0.2, 0.25) is 0 Å². The number of aryl methyl sites for hydroxylation is 2. The Morgan fingerprint density at radius 3 is 2.55 bits per heavy atom. The molecule has 110 valence electrons. The first-order chi connectivity index (χ1) is 9.65. The van der Waals surface area contributed by atoms with Crippen LogP contribution >= 0.6 is 11.6 Å². The predicted octanol–water partition coefficient (Wildman–Crippen LogP) is 2.34. The lowest BCUT2D eigenvalue weighted by atomic mass is 10.1. The fourth-order valence-corrected chi connectivity index (χ4v) is 3.41. The lowest BCUT2D eigenvalue weighted by Gasteiger charge is -2.30. The number of piperidine rings is 1. The Kier molecular flexibility index (Phi) is 3.73. The summed E-state index contributed by atoms with van der Waals surface area (Å²) in [5.41, 5.74) is 3.23. The van der Waals surface area contributed by atoms with Crippen LogP contribution in [-0.2, 0) is 19.3 Å². The molecule has 0 atom stereocenters. The maximum absolute atomic E-state index is 6.13. The summed E-state index contributed by atoms with van der Waals surface area (Å²) in [6, 6.07) is 0.491. The molecule has 1 aliphatic rings. The molecule has 0 unspecified atom stereocenters. The van der Waals surface area contributed by atoms with E-state index in [0.29, 0.717) is 11.9 Å². The Labute approximate surface area is 124 Å². The van der Waals surface area contributed by atoms with Gasteiger partial charge in [0.05, 0.1) is 11.6 Å². The van der Waals surface area contributed by atoms with Crippen molar-refractivity contribution < 1.29 is 0 Å². The fourth-order valence-electron chi connectivity index (χ4n) is 3.22. The number of nitrogens with zero attached hydrogens (tertiary/aromatic N) is 5. The number of aromatic nitrogens is 4. The second kappa shape index (κ2) is 5.37. The molecule has 0 aliphatic carbocycles. The first-order valence-electron chi connectivity index (χ1n) is 7.32. The molecule has 0 spiro atoms. The van der Waals surface area contributed by atoms with Gasteiger partial charge in [-0.15, -0.1) is 11.6 Å². The summed E-state index contributed by atoms with van der Waals surface area (Å²) >= 11 is 6.13. The quantitative estimate of drug-likeness (QED) is 0.816. The molecule has 6 heteroatoms. The maximum atomic E-state index is 6.13. The summed E-state index contributed by atoms with van der Waals surface area (Å²) in [7, 11) is 4.19. The van der Waals surface area contributed by atoms with Crippen molar-refractivity contribution >= 4 is 22.8 Å². The highest BCUT2D eigenvalue weighted by atomic mass is 35.5. The number of halogens is 1. The molecule has 0 radical (unpaired) electrons. The van der Waals surface area contributed by atoms with Crippen molar-refractivity contribution in [3.8, 4) is 0 Å². The van der Waals surface area contributed by atoms with E-state index in [1.54, 1.807) is 0 Å². The first kappa shape index (κ1) is 13.9. The Balaban J connectivity index is 2.10. The van der Waals surface area contributed by atoms with Gasteiger partial charge in [0.1, 0.15) is 11.3 Å². The summed E-state index contributed by atoms with van der Waals surface area (Å²) in [4.78, 5) is 7.13. The zero-order chi connectivity index (χ0) is 14.3. The molecule has 20 heavy (non-hydrogen) atoms. The number of alkyl halides is 1. The Morgan fingerprint density at radius 2 is 1.95 bits per heavy atom. The second-order valence-electron chi connectivity index (χ2n) is 5.66. The maximum Gasteiger partial charge on any atom is 0.158 e. The van der Waals surface area contributed by atoms with Crippen LogP contribution in [0.25, 0.3) is 11.2 Å². The van der Waals surface area contributed by atoms with Crippen molar-refractivity contribution in [3.05, 3.63) is 11.5 Å². The van der Waals surface area contributed by atoms with Crippen molar-refractivity contribution in [1.29, 1.82) is 0 Å². The average Bonchev–Trinajstić information content (AvgIpc) is 2.97. The topological polar surface area (TPSA) is 38.9 Å². The molecule has 0 N–H and O–H groups in total. The third-order valence-electron chi connectivity index (χ3n) is 4.32. The number of fused-ring (bicyclic) bond motifs is 1. The van der Waals surface area contributed by atoms with Gasteiger partial charge in [-0.3, -0.25) is 4.68 Å². The summed E-state index contributed by atoms with van der Waals surface area (Å²) in [5, 5.41) is 4.59. The van der Waals surface area contributed by atoms with Crippen molar-refractivity contribution in [3.63, 3.8) is 0 Å². The Hall–Kier alpha value is -1.07. The van der Waals surface area contributed by atoms with E-state index < -0.39 is 0 Å². The van der Waals surface area contributed by atoms with Crippen molar-refractivity contribution in [2.24, 2.45) is 7.05 Å². The second-order valence-corrected chi connectivity index (χ2v) is 5.93. The lowest BCUT2D eigenvalue weighted by Crippen LogP contribution is -2.32. The van der Waals surface area contributed by atoms with Crippen molar-refractivity contribution in [2.45, 2.75) is 38.1 Å². The van der Waals surface area contributed by atoms with Crippen molar-refractivity contribution in [2.75, 3.05) is 20.1 Å². The van der Waals surface area contributed by atoms with E-state index in [1.807, 2.05) is 11.7 Å². The molecule has 2 aromatic rings. The molecule has 0 aromatic carbocycles. The highest BCUT2D eigenvalue weighted by Crippen LogP contribution is 2.30. The molecule has 2 aromatic heterocycles. The van der Waals surface area contributed by atoms with E-state index in [2.05, 4.69) is 28.5 Å². The smallest absolute Gasteiger partial charge is 0.158 e. The van der Waals surface area contributed by atoms with Gasteiger partial charge in [0.25, 0.3) is 0 Å². The molecule has 1 fully saturated rings. The van der Waals surface area contributed by atoms with E-state index >= 15 is 0 Å². The van der Waals surface area contributed by atoms with E-state index in [0.717, 1.165) is 55.0 Å². The highest BCUT2D eigenvalue weighted by Gasteiger charge is 2.25. The molecule has 5 nitrogen and oxygen atoms in total. The minimum absolute atomic E-state index is 0.462. The van der Waals surface area contributed by atoms with Gasteiger partial charge in [0.2, 0.25) is 0 Å². The van der Waals surface area contributed by atoms with E-state index in [-0.39, 0.29) is 0 Å². The standard InChI is InChI=1S/C14H22ClN5/c1-4-11-13-14(19(3)17-11)20(12(9-15)16-13)10-5-7-18(2)8-6-10/h10H,4-9H2,1-3H3. The van der Waals surface area contributed by atoms with Gasteiger partial charge >= 0.3 is 0 Å². The van der Waals surface area contributed by atoms with Crippen LogP contribution in [0.3, 0.4) is 0 Å². The molecule has 3 heterocycles. The van der Waals surface area contributed by atoms with Crippen LogP contribution in [-0.4, -0.2) is 44.4 Å². The summed E-state index contributed by atoms with van der Waals surface area (Å²) < 4.78 is 4.30. The number of likely N-dealkylation sites (tertiary alicyclic amines) is 1. The third-order valence-corrected chi connectivity index (χ3v) is 4.56. The molecule has 0 saturated carbocycles. The van der Waals surface area contributed by atoms with Gasteiger partial charge in [0.15, 0.2) is 5.65 Å². The molecular weight excluding hydrogens is 274 g/mol. The Bertz CT molecular complexity index is 607. The predicted molar refractivity (Wildman–Crippen MR) is 81.2 cm³/mol.